The zero-order valence-corrected chi connectivity index (χ0v) is 15.5. The number of nitrogens with one attached hydrogen (secondary N) is 1. The molecule has 0 unspecified atom stereocenters. The van der Waals surface area contributed by atoms with E-state index >= 15 is 0 Å². The fourth-order valence-corrected chi connectivity index (χ4v) is 3.15. The second-order valence-corrected chi connectivity index (χ2v) is 7.18. The average molecular weight is 343 g/mol. The lowest BCUT2D eigenvalue weighted by molar-refractivity contribution is -0.122. The van der Waals surface area contributed by atoms with Gasteiger partial charge in [0.2, 0.25) is 0 Å². The molecular weight excluding hydrogens is 318 g/mol. The van der Waals surface area contributed by atoms with Gasteiger partial charge in [0.05, 0.1) is 5.69 Å². The van der Waals surface area contributed by atoms with Crippen molar-refractivity contribution in [3.63, 3.8) is 0 Å². The second-order valence-electron chi connectivity index (χ2n) is 5.87. The summed E-state index contributed by atoms with van der Waals surface area (Å²) in [6.07, 6.45) is -0.565. The van der Waals surface area contributed by atoms with Crippen molar-refractivity contribution >= 4 is 23.4 Å². The lowest BCUT2D eigenvalue weighted by Crippen LogP contribution is -2.30. The Morgan fingerprint density at radius 2 is 1.75 bits per heavy atom. The molecule has 0 fully saturated rings. The first-order chi connectivity index (χ1) is 11.5. The number of rotatable bonds is 7. The number of anilines is 1. The van der Waals surface area contributed by atoms with Gasteiger partial charge in [-0.05, 0) is 42.4 Å². The standard InChI is InChI=1S/C20H25NO2S/c1-5-24-19-13-9-7-11-17(19)21-20(22)15(4)23-18-12-8-6-10-16(18)14(2)3/h6-15H,5H2,1-4H3,(H,21,22)/t15-/m1/s1. The molecule has 1 N–H and O–H groups in total. The Labute approximate surface area is 148 Å². The molecule has 128 valence electrons. The molecule has 0 radical (unpaired) electrons. The van der Waals surface area contributed by atoms with Crippen LogP contribution in [0.5, 0.6) is 5.75 Å². The van der Waals surface area contributed by atoms with Gasteiger partial charge in [-0.1, -0.05) is 51.1 Å². The van der Waals surface area contributed by atoms with Gasteiger partial charge in [0, 0.05) is 4.90 Å². The maximum atomic E-state index is 12.5. The lowest BCUT2D eigenvalue weighted by Gasteiger charge is -2.19. The monoisotopic (exact) mass is 343 g/mol. The third-order valence-corrected chi connectivity index (χ3v) is 4.61. The van der Waals surface area contributed by atoms with Gasteiger partial charge in [0.1, 0.15) is 5.75 Å². The summed E-state index contributed by atoms with van der Waals surface area (Å²) < 4.78 is 5.92. The number of amides is 1. The highest BCUT2D eigenvalue weighted by molar-refractivity contribution is 7.99. The summed E-state index contributed by atoms with van der Waals surface area (Å²) in [6, 6.07) is 15.7. The molecule has 0 aromatic heterocycles. The molecule has 0 aliphatic heterocycles. The molecule has 2 aromatic rings. The van der Waals surface area contributed by atoms with Crippen LogP contribution in [-0.4, -0.2) is 17.8 Å². The van der Waals surface area contributed by atoms with Crippen LogP contribution in [0, 0.1) is 0 Å². The Morgan fingerprint density at radius 3 is 2.46 bits per heavy atom. The zero-order chi connectivity index (χ0) is 17.5. The number of thioether (sulfide) groups is 1. The van der Waals surface area contributed by atoms with E-state index in [1.807, 2.05) is 48.5 Å². The quantitative estimate of drug-likeness (QED) is 0.691. The molecule has 24 heavy (non-hydrogen) atoms. The smallest absolute Gasteiger partial charge is 0.265 e. The third-order valence-electron chi connectivity index (χ3n) is 3.66. The maximum absolute atomic E-state index is 12.5. The molecule has 2 aromatic carbocycles. The first kappa shape index (κ1) is 18.4. The topological polar surface area (TPSA) is 38.3 Å². The van der Waals surface area contributed by atoms with Crippen molar-refractivity contribution in [1.82, 2.24) is 0 Å². The van der Waals surface area contributed by atoms with Crippen molar-refractivity contribution < 1.29 is 9.53 Å². The average Bonchev–Trinajstić information content (AvgIpc) is 2.57. The van der Waals surface area contributed by atoms with Gasteiger partial charge < -0.3 is 10.1 Å². The van der Waals surface area contributed by atoms with E-state index in [0.717, 1.165) is 27.6 Å². The highest BCUT2D eigenvalue weighted by Crippen LogP contribution is 2.28. The number of carbonyl (C=O) groups excluding carboxylic acids is 1. The highest BCUT2D eigenvalue weighted by Gasteiger charge is 2.18. The van der Waals surface area contributed by atoms with Crippen LogP contribution < -0.4 is 10.1 Å². The molecule has 1 atom stereocenters. The van der Waals surface area contributed by atoms with Crippen LogP contribution >= 0.6 is 11.8 Å². The van der Waals surface area contributed by atoms with Crippen LogP contribution in [-0.2, 0) is 4.79 Å². The van der Waals surface area contributed by atoms with Gasteiger partial charge in [-0.3, -0.25) is 4.79 Å². The van der Waals surface area contributed by atoms with Gasteiger partial charge in [-0.25, -0.2) is 0 Å². The molecule has 2 rings (SSSR count). The Hall–Kier alpha value is -1.94. The van der Waals surface area contributed by atoms with Crippen molar-refractivity contribution in [2.75, 3.05) is 11.1 Å². The molecule has 4 heteroatoms. The normalized spacial score (nSPS) is 12.0. The van der Waals surface area contributed by atoms with Crippen LogP contribution in [0.3, 0.4) is 0 Å². The number of hydrogen-bond acceptors (Lipinski definition) is 3. The third kappa shape index (κ3) is 4.78. The number of carbonyl (C=O) groups is 1. The maximum Gasteiger partial charge on any atom is 0.265 e. The number of ether oxygens (including phenoxy) is 1. The molecule has 3 nitrogen and oxygen atoms in total. The van der Waals surface area contributed by atoms with Crippen LogP contribution in [0.1, 0.15) is 39.2 Å². The molecule has 0 saturated heterocycles. The van der Waals surface area contributed by atoms with Crippen molar-refractivity contribution in [2.45, 2.75) is 44.6 Å². The van der Waals surface area contributed by atoms with Crippen LogP contribution in [0.15, 0.2) is 53.4 Å². The van der Waals surface area contributed by atoms with Crippen LogP contribution in [0.25, 0.3) is 0 Å². The Kier molecular flexibility index (Phi) is 6.73. The molecule has 0 saturated carbocycles. The van der Waals surface area contributed by atoms with E-state index in [2.05, 4.69) is 26.1 Å². The molecule has 1 amide bonds. The second kappa shape index (κ2) is 8.78. The van der Waals surface area contributed by atoms with E-state index in [0.29, 0.717) is 5.92 Å². The largest absolute Gasteiger partial charge is 0.481 e. The minimum Gasteiger partial charge on any atom is -0.481 e. The van der Waals surface area contributed by atoms with E-state index in [1.54, 1.807) is 18.7 Å². The zero-order valence-electron chi connectivity index (χ0n) is 14.7. The summed E-state index contributed by atoms with van der Waals surface area (Å²) in [4.78, 5) is 13.6. The highest BCUT2D eigenvalue weighted by atomic mass is 32.2. The first-order valence-corrected chi connectivity index (χ1v) is 9.29. The lowest BCUT2D eigenvalue weighted by atomic mass is 10.0. The predicted octanol–water partition coefficient (Wildman–Crippen LogP) is 5.33. The van der Waals surface area contributed by atoms with E-state index in [9.17, 15) is 4.79 Å². The first-order valence-electron chi connectivity index (χ1n) is 8.31. The number of hydrogen-bond donors (Lipinski definition) is 1. The number of benzene rings is 2. The minimum atomic E-state index is -0.565. The van der Waals surface area contributed by atoms with Gasteiger partial charge in [0.25, 0.3) is 5.91 Å². The summed E-state index contributed by atoms with van der Waals surface area (Å²) >= 11 is 1.71. The molecule has 0 bridgehead atoms. The fourth-order valence-electron chi connectivity index (χ4n) is 2.39. The van der Waals surface area contributed by atoms with Crippen molar-refractivity contribution in [3.05, 3.63) is 54.1 Å². The van der Waals surface area contributed by atoms with Gasteiger partial charge in [-0.15, -0.1) is 11.8 Å². The molecule has 0 spiro atoms. The SMILES string of the molecule is CCSc1ccccc1NC(=O)[C@@H](C)Oc1ccccc1C(C)C. The summed E-state index contributed by atoms with van der Waals surface area (Å²) in [7, 11) is 0. The predicted molar refractivity (Wildman–Crippen MR) is 102 cm³/mol. The van der Waals surface area contributed by atoms with Crippen molar-refractivity contribution in [2.24, 2.45) is 0 Å². The molecule has 0 heterocycles. The summed E-state index contributed by atoms with van der Waals surface area (Å²) in [5.74, 6) is 1.93. The minimum absolute atomic E-state index is 0.141. The summed E-state index contributed by atoms with van der Waals surface area (Å²) in [5, 5.41) is 2.98. The van der Waals surface area contributed by atoms with Crippen LogP contribution in [0.4, 0.5) is 5.69 Å². The molecular formula is C20H25NO2S. The van der Waals surface area contributed by atoms with Gasteiger partial charge >= 0.3 is 0 Å². The van der Waals surface area contributed by atoms with Crippen LogP contribution in [0.2, 0.25) is 0 Å². The van der Waals surface area contributed by atoms with Gasteiger partial charge in [-0.2, -0.15) is 0 Å². The fraction of sp³-hybridized carbons (Fsp3) is 0.350. The number of para-hydroxylation sites is 2. The van der Waals surface area contributed by atoms with E-state index in [-0.39, 0.29) is 5.91 Å². The van der Waals surface area contributed by atoms with Crippen molar-refractivity contribution in [3.8, 4) is 5.75 Å². The van der Waals surface area contributed by atoms with Crippen molar-refractivity contribution in [1.29, 1.82) is 0 Å². The Balaban J connectivity index is 2.08. The Bertz CT molecular complexity index is 685. The molecule has 0 aliphatic rings. The molecule has 0 aliphatic carbocycles. The van der Waals surface area contributed by atoms with E-state index in [4.69, 9.17) is 4.74 Å². The summed E-state index contributed by atoms with van der Waals surface area (Å²) in [6.45, 7) is 8.11. The van der Waals surface area contributed by atoms with Gasteiger partial charge in [0.15, 0.2) is 6.10 Å². The summed E-state index contributed by atoms with van der Waals surface area (Å²) in [5.41, 5.74) is 1.95. The van der Waals surface area contributed by atoms with E-state index < -0.39 is 6.10 Å². The Morgan fingerprint density at radius 1 is 1.08 bits per heavy atom. The van der Waals surface area contributed by atoms with E-state index in [1.165, 1.54) is 0 Å².